The molecule has 0 bridgehead atoms. The number of hydrogen-bond donors (Lipinski definition) is 1. The molecule has 0 radical (unpaired) electrons. The first-order valence-electron chi connectivity index (χ1n) is 7.42. The summed E-state index contributed by atoms with van der Waals surface area (Å²) in [6.45, 7) is 3.93. The summed E-state index contributed by atoms with van der Waals surface area (Å²) in [7, 11) is 1.69. The normalized spacial score (nSPS) is 11.0. The van der Waals surface area contributed by atoms with Crippen molar-refractivity contribution in [2.75, 3.05) is 11.1 Å². The average Bonchev–Trinajstić information content (AvgIpc) is 2.85. The zero-order valence-corrected chi connectivity index (χ0v) is 15.3. The topological polar surface area (TPSA) is 64.0 Å². The van der Waals surface area contributed by atoms with E-state index in [4.69, 9.17) is 0 Å². The van der Waals surface area contributed by atoms with Crippen molar-refractivity contribution >= 4 is 44.9 Å². The molecule has 124 valence electrons. The number of aryl methyl sites for hydroxylation is 2. The van der Waals surface area contributed by atoms with Crippen LogP contribution in [0.2, 0.25) is 0 Å². The van der Waals surface area contributed by atoms with Crippen LogP contribution >= 0.6 is 23.1 Å². The fourth-order valence-corrected chi connectivity index (χ4v) is 4.18. The molecule has 0 aliphatic carbocycles. The number of thiophene rings is 1. The van der Waals surface area contributed by atoms with Gasteiger partial charge in [-0.05, 0) is 31.5 Å². The van der Waals surface area contributed by atoms with Crippen molar-refractivity contribution in [1.29, 1.82) is 0 Å². The molecule has 2 aromatic heterocycles. The quantitative estimate of drug-likeness (QED) is 0.573. The standard InChI is InChI=1S/C17H17N3O2S2/c1-10-11(2)24-15-14(10)16(22)20(3)17(19-15)23-9-13(21)18-12-7-5-4-6-8-12/h4-8H,9H2,1-3H3,(H,18,21). The molecular weight excluding hydrogens is 342 g/mol. The summed E-state index contributed by atoms with van der Waals surface area (Å²) in [6.07, 6.45) is 0. The Kier molecular flexibility index (Phi) is 4.73. The lowest BCUT2D eigenvalue weighted by molar-refractivity contribution is -0.113. The van der Waals surface area contributed by atoms with Crippen molar-refractivity contribution in [3.8, 4) is 0 Å². The highest BCUT2D eigenvalue weighted by Gasteiger charge is 2.15. The Morgan fingerprint density at radius 3 is 2.71 bits per heavy atom. The van der Waals surface area contributed by atoms with E-state index in [0.29, 0.717) is 10.5 Å². The molecule has 2 heterocycles. The fraction of sp³-hybridized carbons (Fsp3) is 0.235. The Labute approximate surface area is 147 Å². The minimum atomic E-state index is -0.126. The van der Waals surface area contributed by atoms with Gasteiger partial charge < -0.3 is 5.32 Å². The van der Waals surface area contributed by atoms with E-state index in [-0.39, 0.29) is 17.2 Å². The van der Waals surface area contributed by atoms with Gasteiger partial charge in [0, 0.05) is 17.6 Å². The molecule has 1 N–H and O–H groups in total. The van der Waals surface area contributed by atoms with Crippen LogP contribution in [0.3, 0.4) is 0 Å². The number of para-hydroxylation sites is 1. The summed E-state index contributed by atoms with van der Waals surface area (Å²) >= 11 is 2.78. The molecule has 1 amide bonds. The van der Waals surface area contributed by atoms with E-state index in [1.807, 2.05) is 44.2 Å². The molecule has 0 aliphatic heterocycles. The van der Waals surface area contributed by atoms with Gasteiger partial charge in [0.25, 0.3) is 5.56 Å². The number of carbonyl (C=O) groups is 1. The number of thioether (sulfide) groups is 1. The van der Waals surface area contributed by atoms with Crippen molar-refractivity contribution in [3.05, 3.63) is 51.1 Å². The largest absolute Gasteiger partial charge is 0.325 e. The number of amides is 1. The maximum Gasteiger partial charge on any atom is 0.262 e. The number of rotatable bonds is 4. The molecule has 0 fully saturated rings. The van der Waals surface area contributed by atoms with E-state index in [2.05, 4.69) is 10.3 Å². The van der Waals surface area contributed by atoms with Gasteiger partial charge in [0.2, 0.25) is 5.91 Å². The Balaban J connectivity index is 1.79. The summed E-state index contributed by atoms with van der Waals surface area (Å²) in [4.78, 5) is 31.0. The first kappa shape index (κ1) is 16.7. The molecule has 7 heteroatoms. The zero-order chi connectivity index (χ0) is 17.3. The third-order valence-electron chi connectivity index (χ3n) is 3.76. The maximum atomic E-state index is 12.5. The van der Waals surface area contributed by atoms with E-state index in [9.17, 15) is 9.59 Å². The molecule has 0 spiro atoms. The van der Waals surface area contributed by atoms with Crippen LogP contribution in [0.4, 0.5) is 5.69 Å². The highest BCUT2D eigenvalue weighted by molar-refractivity contribution is 7.99. The van der Waals surface area contributed by atoms with Gasteiger partial charge in [-0.2, -0.15) is 0 Å². The number of nitrogens with zero attached hydrogens (tertiary/aromatic N) is 2. The second-order valence-corrected chi connectivity index (χ2v) is 7.57. The SMILES string of the molecule is Cc1sc2nc(SCC(=O)Nc3ccccc3)n(C)c(=O)c2c1C. The number of aromatic nitrogens is 2. The minimum absolute atomic E-state index is 0.0622. The van der Waals surface area contributed by atoms with Crippen molar-refractivity contribution in [2.24, 2.45) is 7.05 Å². The summed E-state index contributed by atoms with van der Waals surface area (Å²) in [5.41, 5.74) is 1.68. The molecule has 1 aromatic carbocycles. The first-order chi connectivity index (χ1) is 11.5. The number of anilines is 1. The Hall–Kier alpha value is -2.12. The Morgan fingerprint density at radius 2 is 2.00 bits per heavy atom. The van der Waals surface area contributed by atoms with Crippen LogP contribution in [-0.2, 0) is 11.8 Å². The van der Waals surface area contributed by atoms with E-state index < -0.39 is 0 Å². The van der Waals surface area contributed by atoms with Crippen LogP contribution in [0.5, 0.6) is 0 Å². The number of carbonyl (C=O) groups excluding carboxylic acids is 1. The number of hydrogen-bond acceptors (Lipinski definition) is 5. The van der Waals surface area contributed by atoms with E-state index in [1.165, 1.54) is 27.7 Å². The summed E-state index contributed by atoms with van der Waals surface area (Å²) in [5.74, 6) is 0.0726. The van der Waals surface area contributed by atoms with Crippen molar-refractivity contribution in [2.45, 2.75) is 19.0 Å². The highest BCUT2D eigenvalue weighted by atomic mass is 32.2. The molecule has 3 aromatic rings. The molecule has 0 saturated heterocycles. The Morgan fingerprint density at radius 1 is 1.29 bits per heavy atom. The van der Waals surface area contributed by atoms with E-state index in [0.717, 1.165) is 21.0 Å². The smallest absolute Gasteiger partial charge is 0.262 e. The lowest BCUT2D eigenvalue weighted by Crippen LogP contribution is -2.21. The first-order valence-corrected chi connectivity index (χ1v) is 9.22. The monoisotopic (exact) mass is 359 g/mol. The molecular formula is C17H17N3O2S2. The van der Waals surface area contributed by atoms with Crippen LogP contribution in [0.15, 0.2) is 40.3 Å². The number of nitrogens with one attached hydrogen (secondary N) is 1. The van der Waals surface area contributed by atoms with Crippen molar-refractivity contribution in [1.82, 2.24) is 9.55 Å². The second kappa shape index (κ2) is 6.78. The van der Waals surface area contributed by atoms with Crippen molar-refractivity contribution < 1.29 is 4.79 Å². The molecule has 0 saturated carbocycles. The second-order valence-electron chi connectivity index (χ2n) is 5.42. The number of benzene rings is 1. The van der Waals surface area contributed by atoms with Crippen LogP contribution in [0.1, 0.15) is 10.4 Å². The Bertz CT molecular complexity index is 961. The summed E-state index contributed by atoms with van der Waals surface area (Å²) in [6, 6.07) is 9.29. The summed E-state index contributed by atoms with van der Waals surface area (Å²) < 4.78 is 1.52. The van der Waals surface area contributed by atoms with Crippen LogP contribution in [-0.4, -0.2) is 21.2 Å². The zero-order valence-electron chi connectivity index (χ0n) is 13.6. The van der Waals surface area contributed by atoms with Crippen LogP contribution in [0.25, 0.3) is 10.2 Å². The van der Waals surface area contributed by atoms with Gasteiger partial charge >= 0.3 is 0 Å². The van der Waals surface area contributed by atoms with E-state index in [1.54, 1.807) is 7.05 Å². The molecule has 0 atom stereocenters. The summed E-state index contributed by atoms with van der Waals surface area (Å²) in [5, 5.41) is 4.06. The third kappa shape index (κ3) is 3.22. The molecule has 0 unspecified atom stereocenters. The van der Waals surface area contributed by atoms with Crippen LogP contribution in [0, 0.1) is 13.8 Å². The van der Waals surface area contributed by atoms with Gasteiger partial charge in [-0.1, -0.05) is 30.0 Å². The average molecular weight is 359 g/mol. The molecule has 3 rings (SSSR count). The van der Waals surface area contributed by atoms with Crippen molar-refractivity contribution in [3.63, 3.8) is 0 Å². The molecule has 5 nitrogen and oxygen atoms in total. The highest BCUT2D eigenvalue weighted by Crippen LogP contribution is 2.28. The van der Waals surface area contributed by atoms with Gasteiger partial charge in [-0.15, -0.1) is 11.3 Å². The van der Waals surface area contributed by atoms with Gasteiger partial charge in [0.05, 0.1) is 11.1 Å². The number of fused-ring (bicyclic) bond motifs is 1. The lowest BCUT2D eigenvalue weighted by Gasteiger charge is -2.08. The van der Waals surface area contributed by atoms with E-state index >= 15 is 0 Å². The maximum absolute atomic E-state index is 12.5. The molecule has 0 aliphatic rings. The van der Waals surface area contributed by atoms with Gasteiger partial charge in [0.1, 0.15) is 4.83 Å². The molecule has 24 heavy (non-hydrogen) atoms. The third-order valence-corrected chi connectivity index (χ3v) is 5.89. The van der Waals surface area contributed by atoms with Gasteiger partial charge in [0.15, 0.2) is 5.16 Å². The fourth-order valence-electron chi connectivity index (χ4n) is 2.33. The van der Waals surface area contributed by atoms with Gasteiger partial charge in [-0.25, -0.2) is 4.98 Å². The minimum Gasteiger partial charge on any atom is -0.325 e. The predicted molar refractivity (Wildman–Crippen MR) is 100 cm³/mol. The predicted octanol–water partition coefficient (Wildman–Crippen LogP) is 3.34. The lowest BCUT2D eigenvalue weighted by atomic mass is 10.2. The van der Waals surface area contributed by atoms with Gasteiger partial charge in [-0.3, -0.25) is 14.2 Å². The van der Waals surface area contributed by atoms with Crippen LogP contribution < -0.4 is 10.9 Å².